The summed E-state index contributed by atoms with van der Waals surface area (Å²) < 4.78 is 23.3. The maximum Gasteiger partial charge on any atom is 0.274 e. The Morgan fingerprint density at radius 1 is 1.31 bits per heavy atom. The van der Waals surface area contributed by atoms with Gasteiger partial charge in [0.05, 0.1) is 15.4 Å². The van der Waals surface area contributed by atoms with E-state index in [1.807, 2.05) is 0 Å². The Kier molecular flexibility index (Phi) is 4.76. The highest BCUT2D eigenvalue weighted by Gasteiger charge is 2.38. The van der Waals surface area contributed by atoms with Crippen LogP contribution in [0.25, 0.3) is 0 Å². The number of nitrogens with two attached hydrogens (primary N) is 1. The van der Waals surface area contributed by atoms with Crippen LogP contribution < -0.4 is 10.5 Å². The molecule has 1 spiro atoms. The topological polar surface area (TPSA) is 136 Å². The maximum absolute atomic E-state index is 12.9. The van der Waals surface area contributed by atoms with E-state index in [9.17, 15) is 23.3 Å². The van der Waals surface area contributed by atoms with Crippen LogP contribution in [0.1, 0.15) is 35.2 Å². The van der Waals surface area contributed by atoms with Crippen molar-refractivity contribution in [2.24, 2.45) is 10.6 Å². The molecule has 3 rings (SSSR count). The fourth-order valence-electron chi connectivity index (χ4n) is 3.83. The van der Waals surface area contributed by atoms with Crippen molar-refractivity contribution in [1.29, 1.82) is 0 Å². The van der Waals surface area contributed by atoms with Crippen LogP contribution >= 0.6 is 0 Å². The number of nitrogens with zero attached hydrogens (tertiary/aromatic N) is 2. The highest BCUT2D eigenvalue weighted by Crippen LogP contribution is 2.37. The normalized spacial score (nSPS) is 19.7. The molecule has 0 radical (unpaired) electrons. The van der Waals surface area contributed by atoms with Crippen LogP contribution in [0.5, 0.6) is 0 Å². The summed E-state index contributed by atoms with van der Waals surface area (Å²) in [4.78, 5) is 24.7. The molecule has 142 valence electrons. The molecule has 2 aliphatic rings. The molecule has 0 saturated carbocycles. The van der Waals surface area contributed by atoms with Gasteiger partial charge in [0.25, 0.3) is 11.6 Å². The van der Waals surface area contributed by atoms with E-state index in [4.69, 9.17) is 5.14 Å². The second kappa shape index (κ2) is 6.60. The largest absolute Gasteiger partial charge is 0.339 e. The molecule has 1 aromatic rings. The van der Waals surface area contributed by atoms with Crippen LogP contribution in [-0.4, -0.2) is 50.3 Å². The third-order valence-corrected chi connectivity index (χ3v) is 6.45. The van der Waals surface area contributed by atoms with Crippen molar-refractivity contribution in [3.8, 4) is 0 Å². The van der Waals surface area contributed by atoms with Gasteiger partial charge < -0.3 is 10.2 Å². The minimum absolute atomic E-state index is 0.0173. The quantitative estimate of drug-likeness (QED) is 0.585. The van der Waals surface area contributed by atoms with Gasteiger partial charge >= 0.3 is 0 Å². The average molecular weight is 382 g/mol. The molecule has 1 aromatic carbocycles. The van der Waals surface area contributed by atoms with Crippen LogP contribution in [0.3, 0.4) is 0 Å². The van der Waals surface area contributed by atoms with Gasteiger partial charge in [0.1, 0.15) is 0 Å². The van der Waals surface area contributed by atoms with Crippen molar-refractivity contribution in [3.63, 3.8) is 0 Å². The van der Waals surface area contributed by atoms with E-state index < -0.39 is 31.4 Å². The molecule has 26 heavy (non-hydrogen) atoms. The molecule has 0 aliphatic carbocycles. The zero-order chi connectivity index (χ0) is 19.1. The van der Waals surface area contributed by atoms with E-state index in [1.165, 1.54) is 6.92 Å². The molecule has 0 atom stereocenters. The summed E-state index contributed by atoms with van der Waals surface area (Å²) in [5.41, 5.74) is -0.0347. The smallest absolute Gasteiger partial charge is 0.274 e. The van der Waals surface area contributed by atoms with Gasteiger partial charge in [0.15, 0.2) is 0 Å². The number of amides is 1. The van der Waals surface area contributed by atoms with Crippen LogP contribution in [0.15, 0.2) is 17.0 Å². The van der Waals surface area contributed by atoms with E-state index in [0.29, 0.717) is 13.1 Å². The first-order valence-electron chi connectivity index (χ1n) is 8.45. The van der Waals surface area contributed by atoms with E-state index in [1.54, 1.807) is 4.90 Å². The third-order valence-electron chi connectivity index (χ3n) is 5.55. The van der Waals surface area contributed by atoms with Crippen LogP contribution in [0.4, 0.5) is 5.69 Å². The Morgan fingerprint density at radius 2 is 1.96 bits per heavy atom. The zero-order valence-corrected chi connectivity index (χ0v) is 15.3. The lowest BCUT2D eigenvalue weighted by Gasteiger charge is -2.39. The van der Waals surface area contributed by atoms with Crippen molar-refractivity contribution < 1.29 is 18.1 Å². The van der Waals surface area contributed by atoms with Crippen LogP contribution in [0.2, 0.25) is 0 Å². The van der Waals surface area contributed by atoms with E-state index in [-0.39, 0.29) is 16.5 Å². The molecule has 0 bridgehead atoms. The van der Waals surface area contributed by atoms with Crippen molar-refractivity contribution in [1.82, 2.24) is 10.2 Å². The minimum atomic E-state index is -4.16. The summed E-state index contributed by atoms with van der Waals surface area (Å²) in [5.74, 6) is -0.392. The Bertz CT molecular complexity index is 852. The van der Waals surface area contributed by atoms with Gasteiger partial charge in [-0.3, -0.25) is 14.9 Å². The number of benzene rings is 1. The number of hydrogen-bond donors (Lipinski definition) is 2. The zero-order valence-electron chi connectivity index (χ0n) is 14.5. The Labute approximate surface area is 151 Å². The molecule has 3 N–H and O–H groups in total. The predicted molar refractivity (Wildman–Crippen MR) is 94.3 cm³/mol. The summed E-state index contributed by atoms with van der Waals surface area (Å²) in [7, 11) is -4.16. The predicted octanol–water partition coefficient (Wildman–Crippen LogP) is 0.766. The van der Waals surface area contributed by atoms with Gasteiger partial charge in [-0.05, 0) is 44.2 Å². The van der Waals surface area contributed by atoms with Gasteiger partial charge in [0.2, 0.25) is 10.0 Å². The number of nitro benzene ring substituents is 1. The van der Waals surface area contributed by atoms with Crippen LogP contribution in [0, 0.1) is 22.5 Å². The SMILES string of the molecule is Cc1c(C(=O)N2CCC3(CCNC3)CC2)cc(S(N)(=O)=O)cc1[N+](=O)[O-]. The van der Waals surface area contributed by atoms with Crippen molar-refractivity contribution in [2.75, 3.05) is 26.2 Å². The third kappa shape index (κ3) is 3.44. The van der Waals surface area contributed by atoms with E-state index in [2.05, 4.69) is 5.32 Å². The van der Waals surface area contributed by atoms with Gasteiger partial charge in [-0.25, -0.2) is 13.6 Å². The van der Waals surface area contributed by atoms with Gasteiger partial charge in [-0.2, -0.15) is 0 Å². The number of nitro groups is 1. The molecular weight excluding hydrogens is 360 g/mol. The lowest BCUT2D eigenvalue weighted by molar-refractivity contribution is -0.385. The summed E-state index contributed by atoms with van der Waals surface area (Å²) >= 11 is 0. The number of sulfonamides is 1. The fourth-order valence-corrected chi connectivity index (χ4v) is 4.38. The fraction of sp³-hybridized carbons (Fsp3) is 0.562. The number of carbonyl (C=O) groups is 1. The Morgan fingerprint density at radius 3 is 2.46 bits per heavy atom. The number of primary sulfonamides is 1. The molecular formula is C16H22N4O5S. The van der Waals surface area contributed by atoms with Crippen molar-refractivity contribution >= 4 is 21.6 Å². The van der Waals surface area contributed by atoms with Crippen LogP contribution in [-0.2, 0) is 10.0 Å². The number of nitrogens with one attached hydrogen (secondary N) is 1. The molecule has 10 heteroatoms. The molecule has 1 amide bonds. The molecule has 9 nitrogen and oxygen atoms in total. The Hall–Kier alpha value is -2.04. The summed E-state index contributed by atoms with van der Waals surface area (Å²) in [5, 5.41) is 19.7. The minimum Gasteiger partial charge on any atom is -0.339 e. The number of rotatable bonds is 3. The first kappa shape index (κ1) is 18.7. The van der Waals surface area contributed by atoms with E-state index >= 15 is 0 Å². The molecule has 0 unspecified atom stereocenters. The molecule has 2 saturated heterocycles. The number of likely N-dealkylation sites (tertiary alicyclic amines) is 1. The summed E-state index contributed by atoms with van der Waals surface area (Å²) in [6, 6.07) is 2.04. The molecule has 2 fully saturated rings. The van der Waals surface area contributed by atoms with Gasteiger partial charge in [-0.1, -0.05) is 0 Å². The number of piperidine rings is 1. The summed E-state index contributed by atoms with van der Waals surface area (Å²) in [6.45, 7) is 4.47. The molecule has 2 heterocycles. The number of hydrogen-bond acceptors (Lipinski definition) is 6. The number of carbonyl (C=O) groups excluding carboxylic acids is 1. The highest BCUT2D eigenvalue weighted by atomic mass is 32.2. The van der Waals surface area contributed by atoms with Gasteiger partial charge in [-0.15, -0.1) is 0 Å². The van der Waals surface area contributed by atoms with Gasteiger partial charge in [0, 0.05) is 31.3 Å². The van der Waals surface area contributed by atoms with Crippen molar-refractivity contribution in [2.45, 2.75) is 31.1 Å². The second-order valence-electron chi connectivity index (χ2n) is 7.14. The first-order chi connectivity index (χ1) is 12.1. The summed E-state index contributed by atoms with van der Waals surface area (Å²) in [6.07, 6.45) is 2.81. The maximum atomic E-state index is 12.9. The standard InChI is InChI=1S/C16H22N4O5S/c1-11-13(8-12(26(17,24)25)9-14(11)20(22)23)15(21)19-6-3-16(4-7-19)2-5-18-10-16/h8-9,18H,2-7,10H2,1H3,(H2,17,24,25). The highest BCUT2D eigenvalue weighted by molar-refractivity contribution is 7.89. The van der Waals surface area contributed by atoms with E-state index in [0.717, 1.165) is 44.5 Å². The van der Waals surface area contributed by atoms with Crippen molar-refractivity contribution in [3.05, 3.63) is 33.4 Å². The first-order valence-corrected chi connectivity index (χ1v) is 9.99. The lowest BCUT2D eigenvalue weighted by Crippen LogP contribution is -2.44. The second-order valence-corrected chi connectivity index (χ2v) is 8.70. The monoisotopic (exact) mass is 382 g/mol. The lowest BCUT2D eigenvalue weighted by atomic mass is 9.77. The molecule has 2 aliphatic heterocycles. The molecule has 0 aromatic heterocycles. The Balaban J connectivity index is 1.91. The average Bonchev–Trinajstić information content (AvgIpc) is 3.02.